The van der Waals surface area contributed by atoms with Crippen molar-refractivity contribution in [3.8, 4) is 0 Å². The SMILES string of the molecule is Cl.NCCC(=O)N1CCC(C(=O)N(Cc2ccccc2)C2CC2)CC1. The van der Waals surface area contributed by atoms with Crippen molar-refractivity contribution in [3.05, 3.63) is 35.9 Å². The Hall–Kier alpha value is -1.59. The molecule has 1 aromatic carbocycles. The first-order valence-corrected chi connectivity index (χ1v) is 9.01. The molecule has 0 aromatic heterocycles. The average Bonchev–Trinajstić information content (AvgIpc) is 3.45. The van der Waals surface area contributed by atoms with E-state index in [9.17, 15) is 9.59 Å². The molecule has 1 saturated carbocycles. The summed E-state index contributed by atoms with van der Waals surface area (Å²) in [4.78, 5) is 28.8. The third-order valence-corrected chi connectivity index (χ3v) is 5.02. The predicted octanol–water partition coefficient (Wildman–Crippen LogP) is 2.19. The van der Waals surface area contributed by atoms with Crippen LogP contribution in [0.4, 0.5) is 0 Å². The molecule has 6 heteroatoms. The largest absolute Gasteiger partial charge is 0.343 e. The minimum Gasteiger partial charge on any atom is -0.343 e. The molecule has 25 heavy (non-hydrogen) atoms. The summed E-state index contributed by atoms with van der Waals surface area (Å²) in [6.07, 6.45) is 4.18. The molecule has 0 bridgehead atoms. The Morgan fingerprint density at radius 2 is 1.72 bits per heavy atom. The molecular weight excluding hydrogens is 338 g/mol. The van der Waals surface area contributed by atoms with Gasteiger partial charge in [0.05, 0.1) is 0 Å². The van der Waals surface area contributed by atoms with Crippen LogP contribution in [0.3, 0.4) is 0 Å². The fourth-order valence-corrected chi connectivity index (χ4v) is 3.45. The second kappa shape index (κ2) is 9.20. The number of carbonyl (C=O) groups excluding carboxylic acids is 2. The monoisotopic (exact) mass is 365 g/mol. The van der Waals surface area contributed by atoms with Gasteiger partial charge in [0.2, 0.25) is 11.8 Å². The number of piperidine rings is 1. The van der Waals surface area contributed by atoms with Crippen LogP contribution < -0.4 is 5.73 Å². The third kappa shape index (κ3) is 5.19. The quantitative estimate of drug-likeness (QED) is 0.840. The van der Waals surface area contributed by atoms with Gasteiger partial charge in [-0.15, -0.1) is 12.4 Å². The molecular formula is C19H28ClN3O2. The molecule has 1 aliphatic heterocycles. The molecule has 0 atom stereocenters. The van der Waals surface area contributed by atoms with E-state index >= 15 is 0 Å². The standard InChI is InChI=1S/C19H27N3O2.ClH/c20-11-8-18(23)21-12-9-16(10-13-21)19(24)22(17-6-7-17)14-15-4-2-1-3-5-15;/h1-5,16-17H,6-14,20H2;1H. The molecule has 1 heterocycles. The lowest BCUT2D eigenvalue weighted by molar-refractivity contribution is -0.141. The van der Waals surface area contributed by atoms with Crippen molar-refractivity contribution < 1.29 is 9.59 Å². The van der Waals surface area contributed by atoms with E-state index < -0.39 is 0 Å². The van der Waals surface area contributed by atoms with Gasteiger partial charge in [0.1, 0.15) is 0 Å². The normalized spacial score (nSPS) is 17.7. The number of amides is 2. The van der Waals surface area contributed by atoms with E-state index in [-0.39, 0.29) is 30.1 Å². The van der Waals surface area contributed by atoms with Crippen molar-refractivity contribution in [1.29, 1.82) is 0 Å². The summed E-state index contributed by atoms with van der Waals surface area (Å²) < 4.78 is 0. The first-order chi connectivity index (χ1) is 11.7. The van der Waals surface area contributed by atoms with Crippen LogP contribution in [0.2, 0.25) is 0 Å². The summed E-state index contributed by atoms with van der Waals surface area (Å²) in [7, 11) is 0. The summed E-state index contributed by atoms with van der Waals surface area (Å²) in [5, 5.41) is 0. The van der Waals surface area contributed by atoms with Gasteiger partial charge < -0.3 is 15.5 Å². The molecule has 2 fully saturated rings. The van der Waals surface area contributed by atoms with Crippen LogP contribution in [0.1, 0.15) is 37.7 Å². The Bertz CT molecular complexity index is 569. The summed E-state index contributed by atoms with van der Waals surface area (Å²) in [5.41, 5.74) is 6.64. The van der Waals surface area contributed by atoms with Crippen LogP contribution in [0.5, 0.6) is 0 Å². The van der Waals surface area contributed by atoms with Gasteiger partial charge in [-0.2, -0.15) is 0 Å². The van der Waals surface area contributed by atoms with Crippen molar-refractivity contribution in [2.45, 2.75) is 44.7 Å². The van der Waals surface area contributed by atoms with Crippen molar-refractivity contribution in [2.24, 2.45) is 11.7 Å². The second-order valence-electron chi connectivity index (χ2n) is 6.88. The van der Waals surface area contributed by atoms with E-state index in [4.69, 9.17) is 5.73 Å². The van der Waals surface area contributed by atoms with Gasteiger partial charge in [0, 0.05) is 44.6 Å². The van der Waals surface area contributed by atoms with E-state index in [0.717, 1.165) is 25.7 Å². The first kappa shape index (κ1) is 19.7. The second-order valence-corrected chi connectivity index (χ2v) is 6.88. The van der Waals surface area contributed by atoms with Gasteiger partial charge >= 0.3 is 0 Å². The van der Waals surface area contributed by atoms with Crippen LogP contribution in [0.25, 0.3) is 0 Å². The maximum absolute atomic E-state index is 13.0. The van der Waals surface area contributed by atoms with Crippen LogP contribution in [-0.4, -0.2) is 47.3 Å². The Labute approximate surface area is 155 Å². The van der Waals surface area contributed by atoms with E-state index in [0.29, 0.717) is 38.6 Å². The average molecular weight is 366 g/mol. The third-order valence-electron chi connectivity index (χ3n) is 5.02. The Morgan fingerprint density at radius 1 is 1.08 bits per heavy atom. The molecule has 2 amide bonds. The number of hydrogen-bond acceptors (Lipinski definition) is 3. The van der Waals surface area contributed by atoms with Gasteiger partial charge in [0.25, 0.3) is 0 Å². The number of benzene rings is 1. The number of nitrogens with two attached hydrogens (primary N) is 1. The van der Waals surface area contributed by atoms with Crippen molar-refractivity contribution in [2.75, 3.05) is 19.6 Å². The number of nitrogens with zero attached hydrogens (tertiary/aromatic N) is 2. The maximum Gasteiger partial charge on any atom is 0.226 e. The molecule has 1 aromatic rings. The highest BCUT2D eigenvalue weighted by Gasteiger charge is 2.37. The summed E-state index contributed by atoms with van der Waals surface area (Å²) in [5.74, 6) is 0.440. The van der Waals surface area contributed by atoms with Gasteiger partial charge in [-0.25, -0.2) is 0 Å². The number of likely N-dealkylation sites (tertiary alicyclic amines) is 1. The molecule has 1 aliphatic carbocycles. The zero-order valence-electron chi connectivity index (χ0n) is 14.6. The lowest BCUT2D eigenvalue weighted by Gasteiger charge is -2.34. The van der Waals surface area contributed by atoms with Crippen molar-refractivity contribution >= 4 is 24.2 Å². The van der Waals surface area contributed by atoms with Gasteiger partial charge in [-0.05, 0) is 31.2 Å². The highest BCUT2D eigenvalue weighted by Crippen LogP contribution is 2.31. The van der Waals surface area contributed by atoms with Crippen molar-refractivity contribution in [3.63, 3.8) is 0 Å². The summed E-state index contributed by atoms with van der Waals surface area (Å²) in [6.45, 7) is 2.46. The minimum atomic E-state index is 0. The highest BCUT2D eigenvalue weighted by atomic mass is 35.5. The molecule has 0 unspecified atom stereocenters. The molecule has 2 aliphatic rings. The molecule has 0 radical (unpaired) electrons. The van der Waals surface area contributed by atoms with Crippen LogP contribution in [0.15, 0.2) is 30.3 Å². The number of carbonyl (C=O) groups is 2. The van der Waals surface area contributed by atoms with Crippen LogP contribution >= 0.6 is 12.4 Å². The molecule has 1 saturated heterocycles. The van der Waals surface area contributed by atoms with E-state index in [1.165, 1.54) is 5.56 Å². The highest BCUT2D eigenvalue weighted by molar-refractivity contribution is 5.85. The molecule has 3 rings (SSSR count). The number of halogens is 1. The predicted molar refractivity (Wildman–Crippen MR) is 100 cm³/mol. The fraction of sp³-hybridized carbons (Fsp3) is 0.579. The topological polar surface area (TPSA) is 66.6 Å². The molecule has 5 nitrogen and oxygen atoms in total. The van der Waals surface area contributed by atoms with Crippen LogP contribution in [-0.2, 0) is 16.1 Å². The Morgan fingerprint density at radius 3 is 2.28 bits per heavy atom. The zero-order valence-corrected chi connectivity index (χ0v) is 15.4. The smallest absolute Gasteiger partial charge is 0.226 e. The molecule has 2 N–H and O–H groups in total. The van der Waals surface area contributed by atoms with E-state index in [1.807, 2.05) is 23.1 Å². The number of hydrogen-bond donors (Lipinski definition) is 1. The molecule has 0 spiro atoms. The minimum absolute atomic E-state index is 0. The Balaban J connectivity index is 0.00000225. The van der Waals surface area contributed by atoms with Gasteiger partial charge in [-0.3, -0.25) is 9.59 Å². The van der Waals surface area contributed by atoms with Crippen molar-refractivity contribution in [1.82, 2.24) is 9.80 Å². The lowest BCUT2D eigenvalue weighted by Crippen LogP contribution is -2.45. The summed E-state index contributed by atoms with van der Waals surface area (Å²) >= 11 is 0. The van der Waals surface area contributed by atoms with Gasteiger partial charge in [0.15, 0.2) is 0 Å². The number of rotatable bonds is 6. The Kier molecular flexibility index (Phi) is 7.26. The summed E-state index contributed by atoms with van der Waals surface area (Å²) in [6, 6.07) is 10.6. The molecule has 138 valence electrons. The van der Waals surface area contributed by atoms with E-state index in [2.05, 4.69) is 17.0 Å². The van der Waals surface area contributed by atoms with E-state index in [1.54, 1.807) is 0 Å². The lowest BCUT2D eigenvalue weighted by atomic mass is 9.94. The zero-order chi connectivity index (χ0) is 16.9. The van der Waals surface area contributed by atoms with Crippen LogP contribution in [0, 0.1) is 5.92 Å². The first-order valence-electron chi connectivity index (χ1n) is 9.01. The van der Waals surface area contributed by atoms with Gasteiger partial charge in [-0.1, -0.05) is 30.3 Å². The maximum atomic E-state index is 13.0. The fourth-order valence-electron chi connectivity index (χ4n) is 3.45.